The van der Waals surface area contributed by atoms with Gasteiger partial charge in [-0.2, -0.15) is 0 Å². The van der Waals surface area contributed by atoms with Crippen molar-refractivity contribution in [1.29, 1.82) is 0 Å². The number of benzene rings is 4. The summed E-state index contributed by atoms with van der Waals surface area (Å²) in [4.78, 5) is 36.5. The monoisotopic (exact) mass is 868 g/mol. The van der Waals surface area contributed by atoms with E-state index in [0.29, 0.717) is 60.6 Å². The number of hydrogen-bond acceptors (Lipinski definition) is 12. The molecule has 4 unspecified atom stereocenters. The molecule has 0 bridgehead atoms. The average Bonchev–Trinajstić information content (AvgIpc) is 3.32. The summed E-state index contributed by atoms with van der Waals surface area (Å²) >= 11 is 0. The molecule has 4 aromatic carbocycles. The Kier molecular flexibility index (Phi) is 17.5. The number of fused-ring (bicyclic) bond motifs is 2. The molecule has 0 aliphatic heterocycles. The number of nitrogens with one attached hydrogen (secondary N) is 2. The Morgan fingerprint density at radius 2 is 0.984 bits per heavy atom. The fourth-order valence-electron chi connectivity index (χ4n) is 7.39. The van der Waals surface area contributed by atoms with Gasteiger partial charge in [-0.05, 0) is 99.9 Å². The van der Waals surface area contributed by atoms with E-state index in [0.717, 1.165) is 59.7 Å². The summed E-state index contributed by atoms with van der Waals surface area (Å²) in [6.45, 7) is 9.57. The van der Waals surface area contributed by atoms with Crippen molar-refractivity contribution in [3.8, 4) is 23.3 Å². The second kappa shape index (κ2) is 23.8. The van der Waals surface area contributed by atoms with Crippen molar-refractivity contribution in [3.63, 3.8) is 0 Å². The van der Waals surface area contributed by atoms with Crippen molar-refractivity contribution in [2.75, 3.05) is 40.5 Å². The largest absolute Gasteiger partial charge is 0.496 e. The number of ether oxygens (including phenoxy) is 6. The first-order valence-electron chi connectivity index (χ1n) is 22.0. The van der Waals surface area contributed by atoms with E-state index >= 15 is 0 Å². The third kappa shape index (κ3) is 13.5. The van der Waals surface area contributed by atoms with Crippen molar-refractivity contribution in [3.05, 3.63) is 144 Å². The van der Waals surface area contributed by atoms with Crippen LogP contribution in [0.3, 0.4) is 0 Å². The van der Waals surface area contributed by atoms with Gasteiger partial charge in [-0.25, -0.2) is 19.6 Å². The summed E-state index contributed by atoms with van der Waals surface area (Å²) in [6, 6.07) is 35.6. The number of hydrogen-bond donors (Lipinski definition) is 2. The van der Waals surface area contributed by atoms with Crippen LogP contribution in [0.1, 0.15) is 75.0 Å². The first kappa shape index (κ1) is 47.0. The van der Waals surface area contributed by atoms with E-state index in [1.54, 1.807) is 26.4 Å². The van der Waals surface area contributed by atoms with Gasteiger partial charge in [-0.3, -0.25) is 0 Å². The molecule has 0 aliphatic rings. The Hall–Kier alpha value is -6.50. The van der Waals surface area contributed by atoms with Crippen molar-refractivity contribution in [2.24, 2.45) is 0 Å². The minimum absolute atomic E-state index is 0.113. The highest BCUT2D eigenvalue weighted by Crippen LogP contribution is 2.33. The number of pyridine rings is 2. The molecule has 64 heavy (non-hydrogen) atoms. The zero-order chi connectivity index (χ0) is 45.3. The van der Waals surface area contributed by atoms with Crippen molar-refractivity contribution in [2.45, 2.75) is 77.7 Å². The van der Waals surface area contributed by atoms with E-state index in [1.807, 2.05) is 86.6 Å². The molecular formula is C52H60N4O8. The van der Waals surface area contributed by atoms with Gasteiger partial charge in [0.2, 0.25) is 11.8 Å². The van der Waals surface area contributed by atoms with Crippen LogP contribution in [0.2, 0.25) is 0 Å². The third-order valence-electron chi connectivity index (χ3n) is 10.9. The summed E-state index contributed by atoms with van der Waals surface area (Å²) in [5.74, 6) is 0.674. The zero-order valence-corrected chi connectivity index (χ0v) is 37.7. The quantitative estimate of drug-likeness (QED) is 0.0443. The number of carbonyl (C=O) groups excluding carboxylic acids is 2. The number of carbonyl (C=O) groups is 2. The Morgan fingerprint density at radius 3 is 1.36 bits per heavy atom. The fraction of sp³-hybridized carbons (Fsp3) is 0.346. The molecule has 2 N–H and O–H groups in total. The highest BCUT2D eigenvalue weighted by molar-refractivity contribution is 5.92. The van der Waals surface area contributed by atoms with Crippen LogP contribution in [0.15, 0.2) is 121 Å². The summed E-state index contributed by atoms with van der Waals surface area (Å²) in [5.41, 5.74) is 5.31. The van der Waals surface area contributed by atoms with Gasteiger partial charge >= 0.3 is 11.9 Å². The van der Waals surface area contributed by atoms with Gasteiger partial charge in [0.1, 0.15) is 23.7 Å². The highest BCUT2D eigenvalue weighted by Gasteiger charge is 2.22. The molecule has 0 spiro atoms. The van der Waals surface area contributed by atoms with E-state index in [2.05, 4.69) is 58.7 Å². The molecule has 0 saturated heterocycles. The lowest BCUT2D eigenvalue weighted by Crippen LogP contribution is -2.32. The molecule has 2 aromatic heterocycles. The van der Waals surface area contributed by atoms with Crippen LogP contribution in [0.5, 0.6) is 23.3 Å². The van der Waals surface area contributed by atoms with Crippen molar-refractivity contribution in [1.82, 2.24) is 20.6 Å². The molecule has 2 heterocycles. The Labute approximate surface area is 376 Å². The van der Waals surface area contributed by atoms with Gasteiger partial charge in [-0.15, -0.1) is 0 Å². The van der Waals surface area contributed by atoms with Crippen LogP contribution in [0.25, 0.3) is 21.8 Å². The van der Waals surface area contributed by atoms with Crippen LogP contribution >= 0.6 is 0 Å². The zero-order valence-electron chi connectivity index (χ0n) is 37.7. The van der Waals surface area contributed by atoms with Crippen LogP contribution in [-0.4, -0.2) is 74.5 Å². The smallest absolute Gasteiger partial charge is 0.331 e. The molecule has 6 rings (SSSR count). The molecule has 0 saturated carbocycles. The van der Waals surface area contributed by atoms with Gasteiger partial charge in [-0.1, -0.05) is 72.8 Å². The lowest BCUT2D eigenvalue weighted by Gasteiger charge is -2.22. The third-order valence-corrected chi connectivity index (χ3v) is 10.9. The molecule has 0 fully saturated rings. The second-order valence-corrected chi connectivity index (χ2v) is 15.6. The molecule has 0 aliphatic carbocycles. The molecule has 12 heteroatoms. The second-order valence-electron chi connectivity index (χ2n) is 15.6. The summed E-state index contributed by atoms with van der Waals surface area (Å²) in [5, 5.41) is 8.59. The van der Waals surface area contributed by atoms with Crippen LogP contribution in [-0.2, 0) is 31.9 Å². The van der Waals surface area contributed by atoms with Gasteiger partial charge in [0, 0.05) is 60.2 Å². The maximum Gasteiger partial charge on any atom is 0.331 e. The number of rotatable bonds is 24. The number of aryl methyl sites for hydroxylation is 2. The van der Waals surface area contributed by atoms with E-state index < -0.39 is 24.1 Å². The Morgan fingerprint density at radius 1 is 0.578 bits per heavy atom. The molecular weight excluding hydrogens is 809 g/mol. The molecule has 0 amide bonds. The Balaban J connectivity index is 1.19. The lowest BCUT2D eigenvalue weighted by atomic mass is 10.0. The first-order valence-corrected chi connectivity index (χ1v) is 22.0. The van der Waals surface area contributed by atoms with Gasteiger partial charge in [0.25, 0.3) is 0 Å². The summed E-state index contributed by atoms with van der Waals surface area (Å²) in [6.07, 6.45) is 4.34. The van der Waals surface area contributed by atoms with Crippen LogP contribution < -0.4 is 29.6 Å². The number of esters is 2. The first-order chi connectivity index (χ1) is 31.2. The van der Waals surface area contributed by atoms with Crippen LogP contribution in [0.4, 0.5) is 0 Å². The maximum absolute atomic E-state index is 13.6. The maximum atomic E-state index is 13.6. The topological polar surface area (TPSA) is 139 Å². The van der Waals surface area contributed by atoms with Crippen LogP contribution in [0, 0.1) is 0 Å². The van der Waals surface area contributed by atoms with Gasteiger partial charge in [0.05, 0.1) is 38.5 Å². The van der Waals surface area contributed by atoms with Gasteiger partial charge < -0.3 is 39.1 Å². The minimum atomic E-state index is -0.716. The standard InChI is InChI=1S/C52H60N4O8/c1-7-61-49-31-45(59-5)41-29-39(23-25-43(41)55-49)47(33-53-35(3)19-21-37-15-11-9-12-16-37)63-51(57)27-28-52(58)64-48(34-54-36(4)20-22-38-17-13-10-14-18-38)40-24-26-44-42(30-40)46(60-6)32-50(56-44)62-8-2/h9-18,23-32,35-36,47-48,53-54H,7-8,19-22,33-34H2,1-6H3/b28-27-. The van der Waals surface area contributed by atoms with E-state index in [-0.39, 0.29) is 12.1 Å². The van der Waals surface area contributed by atoms with Crippen molar-refractivity contribution < 1.29 is 38.0 Å². The van der Waals surface area contributed by atoms with E-state index in [1.165, 1.54) is 11.1 Å². The SMILES string of the molecule is CCOc1cc(OC)c2cc(C(CNC(C)CCc3ccccc3)OC(=O)/C=C\C(=O)OC(CNC(C)CCc3ccccc3)c3ccc4nc(OCC)cc(OC)c4c3)ccc2n1. The average molecular weight is 869 g/mol. The van der Waals surface area contributed by atoms with E-state index in [4.69, 9.17) is 28.4 Å². The lowest BCUT2D eigenvalue weighted by molar-refractivity contribution is -0.146. The Bertz CT molecular complexity index is 2290. The number of aromatic nitrogens is 2. The summed E-state index contributed by atoms with van der Waals surface area (Å²) < 4.78 is 34.9. The predicted octanol–water partition coefficient (Wildman–Crippen LogP) is 9.24. The summed E-state index contributed by atoms with van der Waals surface area (Å²) in [7, 11) is 3.18. The predicted molar refractivity (Wildman–Crippen MR) is 250 cm³/mol. The number of methoxy groups -OCH3 is 2. The minimum Gasteiger partial charge on any atom is -0.496 e. The number of nitrogens with zero attached hydrogens (tertiary/aromatic N) is 2. The molecule has 6 aromatic rings. The molecule has 0 radical (unpaired) electrons. The fourth-order valence-corrected chi connectivity index (χ4v) is 7.39. The molecule has 12 nitrogen and oxygen atoms in total. The molecule has 4 atom stereocenters. The van der Waals surface area contributed by atoms with E-state index in [9.17, 15) is 9.59 Å². The highest BCUT2D eigenvalue weighted by atomic mass is 16.6. The van der Waals surface area contributed by atoms with Crippen molar-refractivity contribution >= 4 is 33.7 Å². The molecule has 336 valence electrons. The normalized spacial score (nSPS) is 13.3. The van der Waals surface area contributed by atoms with Gasteiger partial charge in [0.15, 0.2) is 0 Å².